The zero-order valence-electron chi connectivity index (χ0n) is 18.1. The summed E-state index contributed by atoms with van der Waals surface area (Å²) in [4.78, 5) is 0. The van der Waals surface area contributed by atoms with Gasteiger partial charge in [0, 0.05) is 6.04 Å². The molecule has 5 nitrogen and oxygen atoms in total. The highest BCUT2D eigenvalue weighted by molar-refractivity contribution is 7.92. The second-order valence-electron chi connectivity index (χ2n) is 8.08. The summed E-state index contributed by atoms with van der Waals surface area (Å²) in [5.74, 6) is 0.583. The van der Waals surface area contributed by atoms with Gasteiger partial charge in [0.1, 0.15) is 12.4 Å². The van der Waals surface area contributed by atoms with Crippen LogP contribution >= 0.6 is 12.4 Å². The summed E-state index contributed by atoms with van der Waals surface area (Å²) in [6.45, 7) is 0.624. The van der Waals surface area contributed by atoms with Crippen molar-refractivity contribution in [1.29, 1.82) is 0 Å². The van der Waals surface area contributed by atoms with Gasteiger partial charge in [-0.25, -0.2) is 8.42 Å². The molecule has 0 spiro atoms. The zero-order valence-corrected chi connectivity index (χ0v) is 19.7. The average molecular weight is 473 g/mol. The number of nitrogens with zero attached hydrogens (tertiary/aromatic N) is 1. The van der Waals surface area contributed by atoms with Crippen LogP contribution in [0.5, 0.6) is 5.75 Å². The number of hydrogen-bond acceptors (Lipinski definition) is 4. The second kappa shape index (κ2) is 10.4. The van der Waals surface area contributed by atoms with Crippen molar-refractivity contribution < 1.29 is 13.2 Å². The molecule has 0 radical (unpaired) electrons. The topological polar surface area (TPSA) is 72.6 Å². The molecule has 0 aliphatic heterocycles. The van der Waals surface area contributed by atoms with Crippen LogP contribution in [0.15, 0.2) is 72.8 Å². The number of ether oxygens (including phenoxy) is 1. The molecule has 1 atom stereocenters. The van der Waals surface area contributed by atoms with E-state index in [1.165, 1.54) is 10.6 Å². The lowest BCUT2D eigenvalue weighted by atomic mass is 9.87. The van der Waals surface area contributed by atoms with E-state index in [9.17, 15) is 8.42 Å². The third-order valence-corrected chi connectivity index (χ3v) is 6.76. The quantitative estimate of drug-likeness (QED) is 0.550. The summed E-state index contributed by atoms with van der Waals surface area (Å²) in [5.41, 5.74) is 10.9. The zero-order chi connectivity index (χ0) is 21.8. The lowest BCUT2D eigenvalue weighted by molar-refractivity contribution is 0.306. The number of sulfonamides is 1. The molecule has 170 valence electrons. The molecule has 3 aromatic rings. The molecule has 0 aromatic heterocycles. The molecule has 1 aliphatic carbocycles. The van der Waals surface area contributed by atoms with E-state index in [2.05, 4.69) is 0 Å². The van der Waals surface area contributed by atoms with Gasteiger partial charge in [0.15, 0.2) is 0 Å². The molecule has 32 heavy (non-hydrogen) atoms. The minimum atomic E-state index is -3.55. The second-order valence-corrected chi connectivity index (χ2v) is 9.99. The smallest absolute Gasteiger partial charge is 0.232 e. The fourth-order valence-corrected chi connectivity index (χ4v) is 4.99. The summed E-state index contributed by atoms with van der Waals surface area (Å²) >= 11 is 0. The Labute approximate surface area is 196 Å². The Morgan fingerprint density at radius 1 is 0.969 bits per heavy atom. The van der Waals surface area contributed by atoms with Crippen LogP contribution in [0.3, 0.4) is 0 Å². The maximum Gasteiger partial charge on any atom is 0.232 e. The van der Waals surface area contributed by atoms with Crippen molar-refractivity contribution in [2.75, 3.05) is 10.6 Å². The Morgan fingerprint density at radius 3 is 2.22 bits per heavy atom. The van der Waals surface area contributed by atoms with Crippen LogP contribution in [0.1, 0.15) is 28.7 Å². The summed E-state index contributed by atoms with van der Waals surface area (Å²) in [5, 5.41) is 0. The van der Waals surface area contributed by atoms with Crippen LogP contribution in [0.25, 0.3) is 0 Å². The highest BCUT2D eigenvalue weighted by atomic mass is 35.5. The first-order chi connectivity index (χ1) is 14.9. The minimum absolute atomic E-state index is 0. The third kappa shape index (κ3) is 5.63. The van der Waals surface area contributed by atoms with Gasteiger partial charge in [0.05, 0.1) is 18.5 Å². The molecular formula is C25H29ClN2O3S. The van der Waals surface area contributed by atoms with Crippen molar-refractivity contribution >= 4 is 28.1 Å². The highest BCUT2D eigenvalue weighted by Gasteiger charge is 2.29. The molecule has 3 aromatic carbocycles. The molecule has 1 aliphatic rings. The van der Waals surface area contributed by atoms with Gasteiger partial charge in [0.2, 0.25) is 10.0 Å². The fraction of sp³-hybridized carbons (Fsp3) is 0.280. The van der Waals surface area contributed by atoms with Gasteiger partial charge in [-0.15, -0.1) is 12.4 Å². The van der Waals surface area contributed by atoms with Crippen molar-refractivity contribution in [3.05, 3.63) is 95.1 Å². The standard InChI is InChI=1S/C25H28N2O3S.ClH/c1-31(28,29)27(17-19-8-4-2-5-9-19)25-23-14-13-22(26)16-21(23)12-15-24(25)30-18-20-10-6-3-7-11-20;/h2-12,15,22H,13-14,16-18,26H2,1H3;1H. The van der Waals surface area contributed by atoms with E-state index in [-0.39, 0.29) is 25.0 Å². The summed E-state index contributed by atoms with van der Waals surface area (Å²) < 4.78 is 33.6. The van der Waals surface area contributed by atoms with E-state index in [0.717, 1.165) is 41.5 Å². The largest absolute Gasteiger partial charge is 0.487 e. The molecule has 0 saturated carbocycles. The van der Waals surface area contributed by atoms with E-state index >= 15 is 0 Å². The number of fused-ring (bicyclic) bond motifs is 1. The number of halogens is 1. The molecule has 0 saturated heterocycles. The summed E-state index contributed by atoms with van der Waals surface area (Å²) in [7, 11) is -3.55. The summed E-state index contributed by atoms with van der Waals surface area (Å²) in [6.07, 6.45) is 3.55. The number of hydrogen-bond donors (Lipinski definition) is 1. The first-order valence-electron chi connectivity index (χ1n) is 10.5. The van der Waals surface area contributed by atoms with Gasteiger partial charge in [0.25, 0.3) is 0 Å². The van der Waals surface area contributed by atoms with Crippen LogP contribution < -0.4 is 14.8 Å². The Hall–Kier alpha value is -2.54. The molecule has 0 amide bonds. The number of nitrogens with two attached hydrogens (primary N) is 1. The van der Waals surface area contributed by atoms with Gasteiger partial charge < -0.3 is 10.5 Å². The first-order valence-corrected chi connectivity index (χ1v) is 12.4. The molecule has 0 fully saturated rings. The maximum atomic E-state index is 13.0. The van der Waals surface area contributed by atoms with Crippen LogP contribution in [0.2, 0.25) is 0 Å². The van der Waals surface area contributed by atoms with Gasteiger partial charge >= 0.3 is 0 Å². The third-order valence-electron chi connectivity index (χ3n) is 5.65. The first kappa shape index (κ1) is 24.1. The molecule has 0 heterocycles. The fourth-order valence-electron chi connectivity index (χ4n) is 4.08. The molecule has 0 bridgehead atoms. The Kier molecular flexibility index (Phi) is 7.82. The maximum absolute atomic E-state index is 13.0. The van der Waals surface area contributed by atoms with E-state index in [4.69, 9.17) is 10.5 Å². The highest BCUT2D eigenvalue weighted by Crippen LogP contribution is 2.40. The normalized spacial score (nSPS) is 15.4. The molecule has 7 heteroatoms. The molecule has 2 N–H and O–H groups in total. The van der Waals surface area contributed by atoms with Crippen molar-refractivity contribution in [2.24, 2.45) is 5.73 Å². The van der Waals surface area contributed by atoms with E-state index in [1.807, 2.05) is 72.8 Å². The van der Waals surface area contributed by atoms with Gasteiger partial charge in [-0.05, 0) is 47.6 Å². The van der Waals surface area contributed by atoms with Crippen molar-refractivity contribution in [1.82, 2.24) is 0 Å². The van der Waals surface area contributed by atoms with Crippen LogP contribution in [0, 0.1) is 0 Å². The van der Waals surface area contributed by atoms with Crippen molar-refractivity contribution in [3.8, 4) is 5.75 Å². The number of benzene rings is 3. The SMILES string of the molecule is CS(=O)(=O)N(Cc1ccccc1)c1c(OCc2ccccc2)ccc2c1CCC(N)C2.Cl. The molecular weight excluding hydrogens is 444 g/mol. The van der Waals surface area contributed by atoms with Gasteiger partial charge in [-0.1, -0.05) is 66.7 Å². The van der Waals surface area contributed by atoms with Crippen LogP contribution in [-0.2, 0) is 36.0 Å². The van der Waals surface area contributed by atoms with Crippen molar-refractivity contribution in [3.63, 3.8) is 0 Å². The number of rotatable bonds is 7. The monoisotopic (exact) mass is 472 g/mol. The van der Waals surface area contributed by atoms with Crippen LogP contribution in [-0.4, -0.2) is 20.7 Å². The van der Waals surface area contributed by atoms with E-state index in [1.54, 1.807) is 0 Å². The lowest BCUT2D eigenvalue weighted by Gasteiger charge is -2.31. The summed E-state index contributed by atoms with van der Waals surface area (Å²) in [6, 6.07) is 23.5. The predicted molar refractivity (Wildman–Crippen MR) is 132 cm³/mol. The Balaban J connectivity index is 0.00000289. The lowest BCUT2D eigenvalue weighted by Crippen LogP contribution is -2.33. The Morgan fingerprint density at radius 2 is 1.59 bits per heavy atom. The van der Waals surface area contributed by atoms with Crippen molar-refractivity contribution in [2.45, 2.75) is 38.5 Å². The number of anilines is 1. The molecule has 1 unspecified atom stereocenters. The van der Waals surface area contributed by atoms with Gasteiger partial charge in [-0.3, -0.25) is 4.31 Å². The average Bonchev–Trinajstić information content (AvgIpc) is 2.76. The molecule has 4 rings (SSSR count). The predicted octanol–water partition coefficient (Wildman–Crippen LogP) is 4.47. The van der Waals surface area contributed by atoms with Crippen LogP contribution in [0.4, 0.5) is 5.69 Å². The van der Waals surface area contributed by atoms with E-state index < -0.39 is 10.0 Å². The van der Waals surface area contributed by atoms with E-state index in [0.29, 0.717) is 18.0 Å². The minimum Gasteiger partial charge on any atom is -0.487 e. The Bertz CT molecular complexity index is 1140. The van der Waals surface area contributed by atoms with Gasteiger partial charge in [-0.2, -0.15) is 0 Å².